The molecule has 1 nitrogen and oxygen atoms in total. The smallest absolute Gasteiger partial charge is 0.00233 e. The van der Waals surface area contributed by atoms with E-state index < -0.39 is 0 Å². The lowest BCUT2D eigenvalue weighted by Gasteiger charge is -2.26. The lowest BCUT2D eigenvalue weighted by atomic mass is 9.82. The zero-order valence-electron chi connectivity index (χ0n) is 10.4. The summed E-state index contributed by atoms with van der Waals surface area (Å²) in [6.45, 7) is 7.68. The van der Waals surface area contributed by atoms with Crippen LogP contribution in [0.3, 0.4) is 0 Å². The molecule has 0 aliphatic heterocycles. The van der Waals surface area contributed by atoms with Crippen LogP contribution in [-0.2, 0) is 0 Å². The summed E-state index contributed by atoms with van der Waals surface area (Å²) in [7, 11) is 0. The minimum Gasteiger partial charge on any atom is -0.330 e. The zero-order valence-corrected chi connectivity index (χ0v) is 10.4. The Labute approximate surface area is 90.5 Å². The van der Waals surface area contributed by atoms with Crippen LogP contribution in [-0.4, -0.2) is 6.54 Å². The second kappa shape index (κ2) is 8.28. The quantitative estimate of drug-likeness (QED) is 0.556. The van der Waals surface area contributed by atoms with E-state index in [9.17, 15) is 0 Å². The molecule has 14 heavy (non-hydrogen) atoms. The van der Waals surface area contributed by atoms with Crippen molar-refractivity contribution in [1.29, 1.82) is 0 Å². The van der Waals surface area contributed by atoms with E-state index in [1.54, 1.807) is 0 Å². The summed E-state index contributed by atoms with van der Waals surface area (Å²) in [6.07, 6.45) is 10.9. The first kappa shape index (κ1) is 14.0. The molecule has 0 bridgehead atoms. The molecule has 0 aromatic heterocycles. The van der Waals surface area contributed by atoms with E-state index >= 15 is 0 Å². The Balaban J connectivity index is 3.34. The minimum absolute atomic E-state index is 0.407. The molecule has 0 saturated carbocycles. The van der Waals surface area contributed by atoms with E-state index in [-0.39, 0.29) is 0 Å². The SMILES string of the molecule is CCCCCCCCC(C)(CC)CN. The van der Waals surface area contributed by atoms with Crippen LogP contribution in [0.1, 0.15) is 72.1 Å². The molecule has 1 unspecified atom stereocenters. The maximum atomic E-state index is 5.78. The summed E-state index contributed by atoms with van der Waals surface area (Å²) in [5.41, 5.74) is 6.19. The molecule has 0 heterocycles. The third-order valence-corrected chi connectivity index (χ3v) is 3.48. The molecule has 0 fully saturated rings. The Bertz CT molecular complexity index is 116. The maximum Gasteiger partial charge on any atom is -0.00233 e. The van der Waals surface area contributed by atoms with Gasteiger partial charge in [0.05, 0.1) is 0 Å². The van der Waals surface area contributed by atoms with E-state index in [2.05, 4.69) is 20.8 Å². The van der Waals surface area contributed by atoms with Gasteiger partial charge in [-0.15, -0.1) is 0 Å². The maximum absolute atomic E-state index is 5.78. The topological polar surface area (TPSA) is 26.0 Å². The predicted molar refractivity (Wildman–Crippen MR) is 65.4 cm³/mol. The molecular weight excluding hydrogens is 170 g/mol. The second-order valence-electron chi connectivity index (χ2n) is 4.89. The van der Waals surface area contributed by atoms with Crippen molar-refractivity contribution in [3.63, 3.8) is 0 Å². The van der Waals surface area contributed by atoms with E-state index in [0.717, 1.165) is 6.54 Å². The Kier molecular flexibility index (Phi) is 8.26. The molecule has 1 heteroatoms. The highest BCUT2D eigenvalue weighted by Gasteiger charge is 2.18. The standard InChI is InChI=1S/C13H29N/c1-4-6-7-8-9-10-11-13(3,5-2)12-14/h4-12,14H2,1-3H3. The van der Waals surface area contributed by atoms with Crippen LogP contribution < -0.4 is 5.73 Å². The number of hydrogen-bond donors (Lipinski definition) is 1. The van der Waals surface area contributed by atoms with Crippen molar-refractivity contribution in [1.82, 2.24) is 0 Å². The fourth-order valence-corrected chi connectivity index (χ4v) is 1.76. The molecule has 0 radical (unpaired) electrons. The van der Waals surface area contributed by atoms with Crippen molar-refractivity contribution in [2.75, 3.05) is 6.54 Å². The summed E-state index contributed by atoms with van der Waals surface area (Å²) in [5.74, 6) is 0. The molecule has 0 saturated heterocycles. The summed E-state index contributed by atoms with van der Waals surface area (Å²) in [4.78, 5) is 0. The van der Waals surface area contributed by atoms with Gasteiger partial charge >= 0.3 is 0 Å². The normalized spacial score (nSPS) is 15.4. The summed E-state index contributed by atoms with van der Waals surface area (Å²) < 4.78 is 0. The molecule has 1 atom stereocenters. The van der Waals surface area contributed by atoms with Crippen molar-refractivity contribution in [2.45, 2.75) is 72.1 Å². The first-order chi connectivity index (χ1) is 6.68. The highest BCUT2D eigenvalue weighted by molar-refractivity contribution is 4.73. The Hall–Kier alpha value is -0.0400. The summed E-state index contributed by atoms with van der Waals surface area (Å²) >= 11 is 0. The first-order valence-electron chi connectivity index (χ1n) is 6.38. The third kappa shape index (κ3) is 6.42. The number of nitrogens with two attached hydrogens (primary N) is 1. The molecule has 86 valence electrons. The van der Waals surface area contributed by atoms with Crippen LogP contribution >= 0.6 is 0 Å². The van der Waals surface area contributed by atoms with Gasteiger partial charge in [0.2, 0.25) is 0 Å². The van der Waals surface area contributed by atoms with Gasteiger partial charge in [-0.1, -0.05) is 59.3 Å². The Morgan fingerprint density at radius 1 is 0.929 bits per heavy atom. The summed E-state index contributed by atoms with van der Waals surface area (Å²) in [6, 6.07) is 0. The lowest BCUT2D eigenvalue weighted by molar-refractivity contribution is 0.283. The molecule has 0 aliphatic carbocycles. The number of unbranched alkanes of at least 4 members (excludes halogenated alkanes) is 5. The van der Waals surface area contributed by atoms with Gasteiger partial charge in [-0.25, -0.2) is 0 Å². The van der Waals surface area contributed by atoms with Gasteiger partial charge < -0.3 is 5.73 Å². The van der Waals surface area contributed by atoms with Crippen molar-refractivity contribution in [3.8, 4) is 0 Å². The largest absolute Gasteiger partial charge is 0.330 e. The van der Waals surface area contributed by atoms with Gasteiger partial charge in [0.1, 0.15) is 0 Å². The van der Waals surface area contributed by atoms with Crippen molar-refractivity contribution in [3.05, 3.63) is 0 Å². The van der Waals surface area contributed by atoms with Crippen LogP contribution in [0.15, 0.2) is 0 Å². The molecule has 2 N–H and O–H groups in total. The van der Waals surface area contributed by atoms with Gasteiger partial charge in [0.15, 0.2) is 0 Å². The van der Waals surface area contributed by atoms with Crippen LogP contribution in [0, 0.1) is 5.41 Å². The lowest BCUT2D eigenvalue weighted by Crippen LogP contribution is -2.26. The van der Waals surface area contributed by atoms with Crippen LogP contribution in [0.5, 0.6) is 0 Å². The molecule has 0 spiro atoms. The Morgan fingerprint density at radius 3 is 2.00 bits per heavy atom. The predicted octanol–water partition coefficient (Wildman–Crippen LogP) is 4.11. The first-order valence-corrected chi connectivity index (χ1v) is 6.38. The molecule has 0 aromatic carbocycles. The monoisotopic (exact) mass is 199 g/mol. The van der Waals surface area contributed by atoms with E-state index in [1.165, 1.54) is 51.4 Å². The van der Waals surface area contributed by atoms with Crippen LogP contribution in [0.2, 0.25) is 0 Å². The fourth-order valence-electron chi connectivity index (χ4n) is 1.76. The Morgan fingerprint density at radius 2 is 1.50 bits per heavy atom. The average molecular weight is 199 g/mol. The highest BCUT2D eigenvalue weighted by Crippen LogP contribution is 2.26. The fraction of sp³-hybridized carbons (Fsp3) is 1.00. The van der Waals surface area contributed by atoms with Gasteiger partial charge in [0.25, 0.3) is 0 Å². The molecule has 0 amide bonds. The van der Waals surface area contributed by atoms with E-state index in [0.29, 0.717) is 5.41 Å². The van der Waals surface area contributed by atoms with Gasteiger partial charge in [-0.05, 0) is 24.8 Å². The van der Waals surface area contributed by atoms with Gasteiger partial charge in [-0.3, -0.25) is 0 Å². The van der Waals surface area contributed by atoms with Crippen molar-refractivity contribution < 1.29 is 0 Å². The van der Waals surface area contributed by atoms with Gasteiger partial charge in [0, 0.05) is 0 Å². The molecule has 0 rings (SSSR count). The molecule has 0 aromatic rings. The minimum atomic E-state index is 0.407. The van der Waals surface area contributed by atoms with E-state index in [4.69, 9.17) is 5.73 Å². The van der Waals surface area contributed by atoms with Gasteiger partial charge in [-0.2, -0.15) is 0 Å². The average Bonchev–Trinajstić information content (AvgIpc) is 2.23. The van der Waals surface area contributed by atoms with Crippen molar-refractivity contribution >= 4 is 0 Å². The number of hydrogen-bond acceptors (Lipinski definition) is 1. The second-order valence-corrected chi connectivity index (χ2v) is 4.89. The van der Waals surface area contributed by atoms with Crippen LogP contribution in [0.25, 0.3) is 0 Å². The third-order valence-electron chi connectivity index (χ3n) is 3.48. The number of rotatable bonds is 9. The van der Waals surface area contributed by atoms with Crippen LogP contribution in [0.4, 0.5) is 0 Å². The van der Waals surface area contributed by atoms with Crippen molar-refractivity contribution in [2.24, 2.45) is 11.1 Å². The van der Waals surface area contributed by atoms with E-state index in [1.807, 2.05) is 0 Å². The zero-order chi connectivity index (χ0) is 10.9. The highest BCUT2D eigenvalue weighted by atomic mass is 14.6. The molecular formula is C13H29N. The summed E-state index contributed by atoms with van der Waals surface area (Å²) in [5, 5.41) is 0. The molecule has 0 aliphatic rings.